The Bertz CT molecular complexity index is 332. The first-order valence-corrected chi connectivity index (χ1v) is 4.77. The molecule has 0 bridgehead atoms. The highest BCUT2D eigenvalue weighted by Crippen LogP contribution is 2.32. The second-order valence-corrected chi connectivity index (χ2v) is 4.24. The second-order valence-electron chi connectivity index (χ2n) is 2.54. The Kier molecular flexibility index (Phi) is 3.30. The van der Waals surface area contributed by atoms with Crippen LogP contribution in [0.4, 0.5) is 0 Å². The molecule has 0 aliphatic rings. The Hall–Kier alpha value is -0.580. The van der Waals surface area contributed by atoms with Gasteiger partial charge in [-0.1, -0.05) is 11.6 Å². The van der Waals surface area contributed by atoms with E-state index in [0.29, 0.717) is 16.5 Å². The van der Waals surface area contributed by atoms with E-state index in [1.807, 2.05) is 0 Å². The van der Waals surface area contributed by atoms with Crippen molar-refractivity contribution >= 4 is 28.9 Å². The van der Waals surface area contributed by atoms with Crippen LogP contribution in [0, 0.1) is 6.92 Å². The number of carboxylic acids is 1. The molecule has 1 rings (SSSR count). The highest BCUT2D eigenvalue weighted by molar-refractivity contribution is 7.16. The molecule has 0 atom stereocenters. The molecule has 5 heteroatoms. The fraction of sp³-hybridized carbons (Fsp3) is 0.375. The monoisotopic (exact) mass is 220 g/mol. The van der Waals surface area contributed by atoms with Crippen LogP contribution >= 0.6 is 22.9 Å². The molecule has 3 nitrogen and oxygen atoms in total. The lowest BCUT2D eigenvalue weighted by molar-refractivity contribution is 0.0696. The number of hydrogen-bond acceptors (Lipinski definition) is 3. The van der Waals surface area contributed by atoms with Crippen molar-refractivity contribution < 1.29 is 14.6 Å². The van der Waals surface area contributed by atoms with Crippen LogP contribution in [-0.2, 0) is 11.3 Å². The smallest absolute Gasteiger partial charge is 0.338 e. The number of carboxylic acid groups (broad SMARTS) is 1. The van der Waals surface area contributed by atoms with Crippen LogP contribution in [0.1, 0.15) is 20.8 Å². The van der Waals surface area contributed by atoms with Crippen LogP contribution in [0.2, 0.25) is 4.34 Å². The standard InChI is InChI=1S/C8H9ClO3S/c1-4-5(3-12-2)13-7(9)6(4)8(10)11/h3H2,1-2H3,(H,10,11). The lowest BCUT2D eigenvalue weighted by Crippen LogP contribution is -1.98. The van der Waals surface area contributed by atoms with Gasteiger partial charge in [-0.3, -0.25) is 0 Å². The maximum absolute atomic E-state index is 10.7. The second kappa shape index (κ2) is 4.09. The van der Waals surface area contributed by atoms with Crippen LogP contribution in [0.5, 0.6) is 0 Å². The van der Waals surface area contributed by atoms with Crippen molar-refractivity contribution in [2.45, 2.75) is 13.5 Å². The maximum atomic E-state index is 10.7. The number of thiophene rings is 1. The summed E-state index contributed by atoms with van der Waals surface area (Å²) in [5.41, 5.74) is 0.892. The van der Waals surface area contributed by atoms with Crippen molar-refractivity contribution in [1.82, 2.24) is 0 Å². The van der Waals surface area contributed by atoms with Gasteiger partial charge in [-0.15, -0.1) is 11.3 Å². The number of hydrogen-bond donors (Lipinski definition) is 1. The van der Waals surface area contributed by atoms with Gasteiger partial charge in [0, 0.05) is 12.0 Å². The summed E-state index contributed by atoms with van der Waals surface area (Å²) in [4.78, 5) is 11.6. The van der Waals surface area contributed by atoms with Gasteiger partial charge in [0.25, 0.3) is 0 Å². The van der Waals surface area contributed by atoms with E-state index in [1.54, 1.807) is 14.0 Å². The predicted molar refractivity (Wildman–Crippen MR) is 51.7 cm³/mol. The maximum Gasteiger partial charge on any atom is 0.338 e. The van der Waals surface area contributed by atoms with E-state index in [0.717, 1.165) is 4.88 Å². The van der Waals surface area contributed by atoms with Crippen molar-refractivity contribution in [3.63, 3.8) is 0 Å². The molecule has 0 saturated carbocycles. The SMILES string of the molecule is COCc1sc(Cl)c(C(=O)O)c1C. The van der Waals surface area contributed by atoms with Gasteiger partial charge >= 0.3 is 5.97 Å². The molecule has 0 aromatic carbocycles. The molecule has 1 N–H and O–H groups in total. The normalized spacial score (nSPS) is 10.4. The van der Waals surface area contributed by atoms with Crippen LogP contribution in [0.25, 0.3) is 0 Å². The molecule has 1 aromatic rings. The molecule has 1 aromatic heterocycles. The molecule has 0 aliphatic carbocycles. The summed E-state index contributed by atoms with van der Waals surface area (Å²) in [5.74, 6) is -0.985. The first-order valence-electron chi connectivity index (χ1n) is 3.58. The van der Waals surface area contributed by atoms with E-state index in [4.69, 9.17) is 21.4 Å². The average molecular weight is 221 g/mol. The third-order valence-electron chi connectivity index (χ3n) is 1.69. The zero-order valence-corrected chi connectivity index (χ0v) is 8.83. The summed E-state index contributed by atoms with van der Waals surface area (Å²) in [6.45, 7) is 2.14. The predicted octanol–water partition coefficient (Wildman–Crippen LogP) is 2.55. The molecule has 0 aliphatic heterocycles. The Morgan fingerprint density at radius 1 is 1.69 bits per heavy atom. The lowest BCUT2D eigenvalue weighted by Gasteiger charge is -1.96. The molecule has 1 heterocycles. The summed E-state index contributed by atoms with van der Waals surface area (Å²) in [5, 5.41) is 8.81. The first-order chi connectivity index (χ1) is 6.07. The minimum absolute atomic E-state index is 0.193. The molecule has 0 unspecified atom stereocenters. The van der Waals surface area contributed by atoms with Crippen molar-refractivity contribution in [3.8, 4) is 0 Å². The van der Waals surface area contributed by atoms with Crippen molar-refractivity contribution in [3.05, 3.63) is 20.3 Å². The summed E-state index contributed by atoms with van der Waals surface area (Å²) >= 11 is 7.02. The number of ether oxygens (including phenoxy) is 1. The summed E-state index contributed by atoms with van der Waals surface area (Å²) < 4.78 is 5.23. The Balaban J connectivity index is 3.14. The molecule has 0 radical (unpaired) electrons. The molecule has 72 valence electrons. The highest BCUT2D eigenvalue weighted by Gasteiger charge is 2.18. The van der Waals surface area contributed by atoms with Gasteiger partial charge < -0.3 is 9.84 Å². The number of methoxy groups -OCH3 is 1. The third kappa shape index (κ3) is 2.02. The van der Waals surface area contributed by atoms with E-state index in [2.05, 4.69) is 0 Å². The molecule has 0 spiro atoms. The highest BCUT2D eigenvalue weighted by atomic mass is 35.5. The van der Waals surface area contributed by atoms with E-state index >= 15 is 0 Å². The number of carbonyl (C=O) groups is 1. The van der Waals surface area contributed by atoms with E-state index in [-0.39, 0.29) is 5.56 Å². The van der Waals surface area contributed by atoms with Gasteiger partial charge in [0.1, 0.15) is 4.34 Å². The molecular formula is C8H9ClO3S. The number of rotatable bonds is 3. The zero-order valence-electron chi connectivity index (χ0n) is 7.26. The van der Waals surface area contributed by atoms with Crippen molar-refractivity contribution in [1.29, 1.82) is 0 Å². The van der Waals surface area contributed by atoms with Gasteiger partial charge in [0.15, 0.2) is 0 Å². The first kappa shape index (κ1) is 10.5. The van der Waals surface area contributed by atoms with Crippen molar-refractivity contribution in [2.24, 2.45) is 0 Å². The van der Waals surface area contributed by atoms with E-state index in [9.17, 15) is 4.79 Å². The number of halogens is 1. The van der Waals surface area contributed by atoms with Crippen LogP contribution in [0.15, 0.2) is 0 Å². The number of aromatic carboxylic acids is 1. The molecule has 0 fully saturated rings. The van der Waals surface area contributed by atoms with Crippen LogP contribution in [0.3, 0.4) is 0 Å². The zero-order chi connectivity index (χ0) is 10.0. The van der Waals surface area contributed by atoms with Gasteiger partial charge in [0.2, 0.25) is 0 Å². The van der Waals surface area contributed by atoms with Crippen LogP contribution in [-0.4, -0.2) is 18.2 Å². The minimum atomic E-state index is -0.985. The minimum Gasteiger partial charge on any atom is -0.478 e. The Morgan fingerprint density at radius 3 is 2.69 bits per heavy atom. The summed E-state index contributed by atoms with van der Waals surface area (Å²) in [6.07, 6.45) is 0. The summed E-state index contributed by atoms with van der Waals surface area (Å²) in [6, 6.07) is 0. The quantitative estimate of drug-likeness (QED) is 0.852. The topological polar surface area (TPSA) is 46.5 Å². The van der Waals surface area contributed by atoms with Crippen molar-refractivity contribution in [2.75, 3.05) is 7.11 Å². The van der Waals surface area contributed by atoms with E-state index in [1.165, 1.54) is 11.3 Å². The molecular weight excluding hydrogens is 212 g/mol. The van der Waals surface area contributed by atoms with Gasteiger partial charge in [-0.25, -0.2) is 4.79 Å². The van der Waals surface area contributed by atoms with Crippen LogP contribution < -0.4 is 0 Å². The molecule has 0 saturated heterocycles. The lowest BCUT2D eigenvalue weighted by atomic mass is 10.2. The Labute approximate surface area is 84.9 Å². The fourth-order valence-electron chi connectivity index (χ4n) is 1.04. The fourth-order valence-corrected chi connectivity index (χ4v) is 2.53. The Morgan fingerprint density at radius 2 is 2.31 bits per heavy atom. The largest absolute Gasteiger partial charge is 0.478 e. The van der Waals surface area contributed by atoms with Gasteiger partial charge in [0.05, 0.1) is 12.2 Å². The van der Waals surface area contributed by atoms with E-state index < -0.39 is 5.97 Å². The molecule has 0 amide bonds. The molecule has 13 heavy (non-hydrogen) atoms. The van der Waals surface area contributed by atoms with Gasteiger partial charge in [-0.05, 0) is 12.5 Å². The average Bonchev–Trinajstić information content (AvgIpc) is 2.28. The van der Waals surface area contributed by atoms with Gasteiger partial charge in [-0.2, -0.15) is 0 Å². The summed E-state index contributed by atoms with van der Waals surface area (Å²) in [7, 11) is 1.56. The third-order valence-corrected chi connectivity index (χ3v) is 3.17.